The lowest BCUT2D eigenvalue weighted by Gasteiger charge is -2.34. The van der Waals surface area contributed by atoms with Crippen LogP contribution in [0, 0.1) is 23.6 Å². The van der Waals surface area contributed by atoms with E-state index in [1.54, 1.807) is 57.2 Å². The Morgan fingerprint density at radius 3 is 2.40 bits per heavy atom. The predicted molar refractivity (Wildman–Crippen MR) is 238 cm³/mol. The first-order valence-electron chi connectivity index (χ1n) is 22.4. The molecule has 1 saturated heterocycles. The molecule has 4 amide bonds. The number of allylic oxidation sites excluding steroid dienone is 1. The van der Waals surface area contributed by atoms with E-state index in [-0.39, 0.29) is 43.0 Å². The van der Waals surface area contributed by atoms with Crippen LogP contribution in [0.2, 0.25) is 0 Å². The molecule has 0 bridgehead atoms. The van der Waals surface area contributed by atoms with Crippen molar-refractivity contribution in [3.8, 4) is 28.6 Å². The Morgan fingerprint density at radius 1 is 1.01 bits per heavy atom. The highest BCUT2D eigenvalue weighted by atomic mass is 32.2. The first-order valence-corrected chi connectivity index (χ1v) is 24.0. The van der Waals surface area contributed by atoms with E-state index in [1.165, 1.54) is 19.2 Å². The van der Waals surface area contributed by atoms with Gasteiger partial charge in [-0.25, -0.2) is 22.6 Å². The second-order valence-corrected chi connectivity index (χ2v) is 20.9. The highest BCUT2D eigenvalue weighted by Crippen LogP contribution is 2.46. The van der Waals surface area contributed by atoms with Crippen LogP contribution in [0.5, 0.6) is 17.4 Å². The maximum Gasteiger partial charge on any atom is 0.427 e. The van der Waals surface area contributed by atoms with Gasteiger partial charge in [0.1, 0.15) is 29.5 Å². The van der Waals surface area contributed by atoms with Crippen molar-refractivity contribution in [1.82, 2.24) is 25.2 Å². The maximum absolute atomic E-state index is 15.3. The molecule has 2 aromatic carbocycles. The topological polar surface area (TPSA) is 192 Å². The third kappa shape index (κ3) is 10.9. The van der Waals surface area contributed by atoms with Gasteiger partial charge in [0.2, 0.25) is 33.3 Å². The minimum absolute atomic E-state index is 0.0427. The summed E-state index contributed by atoms with van der Waals surface area (Å²) >= 11 is 0. The summed E-state index contributed by atoms with van der Waals surface area (Å²) in [5.74, 6) is -4.01. The van der Waals surface area contributed by atoms with Gasteiger partial charge >= 0.3 is 12.3 Å². The molecule has 7 atom stereocenters. The number of halogens is 4. The zero-order valence-corrected chi connectivity index (χ0v) is 39.2. The number of alkyl carbamates (subject to hydrolysis) is 1. The molecule has 20 heteroatoms. The minimum Gasteiger partial charge on any atom is -0.497 e. The summed E-state index contributed by atoms with van der Waals surface area (Å²) < 4.78 is 108. The predicted octanol–water partition coefficient (Wildman–Crippen LogP) is 7.12. The number of nitrogens with zero attached hydrogens (tertiary/aromatic N) is 2. The first kappa shape index (κ1) is 49.3. The Labute approximate surface area is 386 Å². The van der Waals surface area contributed by atoms with Crippen molar-refractivity contribution >= 4 is 44.6 Å². The van der Waals surface area contributed by atoms with Crippen LogP contribution in [0.25, 0.3) is 22.0 Å². The van der Waals surface area contributed by atoms with Crippen molar-refractivity contribution in [1.29, 1.82) is 0 Å². The second kappa shape index (κ2) is 18.8. The van der Waals surface area contributed by atoms with E-state index < -0.39 is 92.2 Å². The average molecular weight is 960 g/mol. The lowest BCUT2D eigenvalue weighted by atomic mass is 9.88. The summed E-state index contributed by atoms with van der Waals surface area (Å²) in [7, 11) is -2.54. The number of pyridine rings is 1. The van der Waals surface area contributed by atoms with Crippen LogP contribution in [-0.2, 0) is 29.1 Å². The molecular formula is C47H57F4N5O10S. The van der Waals surface area contributed by atoms with Gasteiger partial charge < -0.3 is 34.5 Å². The van der Waals surface area contributed by atoms with Crippen molar-refractivity contribution in [3.63, 3.8) is 0 Å². The molecule has 3 aromatic rings. The summed E-state index contributed by atoms with van der Waals surface area (Å²) in [6, 6.07) is 8.28. The number of hydrogen-bond acceptors (Lipinski definition) is 11. The molecule has 2 saturated carbocycles. The third-order valence-corrected chi connectivity index (χ3v) is 14.6. The van der Waals surface area contributed by atoms with E-state index in [0.717, 1.165) is 4.90 Å². The molecular weight excluding hydrogens is 903 g/mol. The summed E-state index contributed by atoms with van der Waals surface area (Å²) in [5.41, 5.74) is -3.95. The van der Waals surface area contributed by atoms with Crippen LogP contribution in [0.15, 0.2) is 54.6 Å². The van der Waals surface area contributed by atoms with Gasteiger partial charge in [-0.3, -0.25) is 19.1 Å². The molecule has 364 valence electrons. The smallest absolute Gasteiger partial charge is 0.427 e. The minimum atomic E-state index is -4.95. The molecule has 15 nitrogen and oxygen atoms in total. The SMILES string of the molecule is COc1ccc2c(O[C@@H]3C[C@H]4C(=O)N[C@]5(C(=O)NS(=O)(=O)C6CC6)C[C@H]5/C=C\CC[C@@H](C)C[C@@H](C)[C@H](NC(=O)OC(C)(C)C(F)(F)F)C(=O)N4C3)nc(-c3ccc(OC(C)C)c(F)c3)cc2c1. The average Bonchev–Trinajstić information content (AvgIpc) is 4.17. The fourth-order valence-corrected chi connectivity index (χ4v) is 10.0. The molecule has 7 rings (SSSR count). The number of ether oxygens (including phenoxy) is 4. The maximum atomic E-state index is 15.3. The van der Waals surface area contributed by atoms with E-state index in [1.807, 2.05) is 13.0 Å². The number of hydrogen-bond donors (Lipinski definition) is 3. The Bertz CT molecular complexity index is 2550. The fraction of sp³-hybridized carbons (Fsp3) is 0.553. The van der Waals surface area contributed by atoms with Gasteiger partial charge in [0.25, 0.3) is 5.91 Å². The second-order valence-electron chi connectivity index (χ2n) is 19.0. The summed E-state index contributed by atoms with van der Waals surface area (Å²) in [6.45, 7) is 8.16. The highest BCUT2D eigenvalue weighted by molar-refractivity contribution is 7.91. The van der Waals surface area contributed by atoms with Crippen molar-refractivity contribution in [2.45, 2.75) is 133 Å². The molecule has 0 spiro atoms. The number of amides is 4. The first-order chi connectivity index (χ1) is 31.4. The number of fused-ring (bicyclic) bond motifs is 3. The van der Waals surface area contributed by atoms with Crippen molar-refractivity contribution in [3.05, 3.63) is 60.4 Å². The van der Waals surface area contributed by atoms with Gasteiger partial charge in [0.05, 0.1) is 30.7 Å². The number of carbonyl (C=O) groups is 4. The van der Waals surface area contributed by atoms with Gasteiger partial charge in [-0.05, 0) is 126 Å². The van der Waals surface area contributed by atoms with Gasteiger partial charge in [-0.1, -0.05) is 26.0 Å². The van der Waals surface area contributed by atoms with Crippen molar-refractivity contribution in [2.75, 3.05) is 13.7 Å². The standard InChI is InChI=1S/C47H57F4N5O10S/c1-25(2)64-38-17-12-28(20-35(38)48)36-21-29-19-31(63-7)13-16-34(29)41(52-36)65-32-22-37-40(57)54-46(43(59)55-67(61,62)33-14-15-33)23-30(46)11-9-8-10-26(3)18-27(4)39(42(58)56(37)24-32)53-44(60)66-45(5,6)47(49,50)51/h9,11-13,16-17,19-21,25-27,30,32-33,37,39H,8,10,14-15,18,22-24H2,1-7H3,(H,53,60)(H,54,57)(H,55,59)/b11-9-/t26-,27-,30-,32-,37+,39+,46-/m1/s1. The number of sulfonamides is 1. The molecule has 67 heavy (non-hydrogen) atoms. The van der Waals surface area contributed by atoms with Crippen molar-refractivity contribution in [2.24, 2.45) is 17.8 Å². The van der Waals surface area contributed by atoms with E-state index in [4.69, 9.17) is 23.9 Å². The van der Waals surface area contributed by atoms with Gasteiger partial charge in [0, 0.05) is 23.3 Å². The molecule has 0 radical (unpaired) electrons. The number of nitrogens with one attached hydrogen (secondary N) is 3. The third-order valence-electron chi connectivity index (χ3n) is 12.8. The molecule has 3 N–H and O–H groups in total. The van der Waals surface area contributed by atoms with Gasteiger partial charge in [-0.15, -0.1) is 0 Å². The fourth-order valence-electron chi connectivity index (χ4n) is 8.68. The molecule has 3 heterocycles. The van der Waals surface area contributed by atoms with E-state index in [0.29, 0.717) is 73.7 Å². The largest absolute Gasteiger partial charge is 0.497 e. The number of aromatic nitrogens is 1. The molecule has 1 aromatic heterocycles. The number of benzene rings is 2. The summed E-state index contributed by atoms with van der Waals surface area (Å²) in [4.78, 5) is 62.9. The van der Waals surface area contributed by atoms with Crippen LogP contribution in [0.4, 0.5) is 22.4 Å². The molecule has 3 fully saturated rings. The monoisotopic (exact) mass is 959 g/mol. The van der Waals surface area contributed by atoms with Crippen LogP contribution in [-0.4, -0.2) is 103 Å². The Kier molecular flexibility index (Phi) is 13.8. The van der Waals surface area contributed by atoms with Crippen LogP contribution in [0.3, 0.4) is 0 Å². The number of methoxy groups -OCH3 is 1. The van der Waals surface area contributed by atoms with Crippen LogP contribution in [0.1, 0.15) is 86.5 Å². The molecule has 2 aliphatic heterocycles. The molecule has 2 aliphatic carbocycles. The number of rotatable bonds is 11. The Hall–Kier alpha value is -5.66. The van der Waals surface area contributed by atoms with E-state index >= 15 is 4.39 Å². The quantitative estimate of drug-likeness (QED) is 0.131. The van der Waals surface area contributed by atoms with Gasteiger partial charge in [-0.2, -0.15) is 13.2 Å². The van der Waals surface area contributed by atoms with Crippen molar-refractivity contribution < 1.29 is 64.1 Å². The Morgan fingerprint density at radius 2 is 1.75 bits per heavy atom. The van der Waals surface area contributed by atoms with Gasteiger partial charge in [0.15, 0.2) is 11.6 Å². The summed E-state index contributed by atoms with van der Waals surface area (Å²) in [6.07, 6.45) is -2.10. The van der Waals surface area contributed by atoms with E-state index in [9.17, 15) is 40.8 Å². The zero-order chi connectivity index (χ0) is 48.8. The van der Waals surface area contributed by atoms with Crippen LogP contribution >= 0.6 is 0 Å². The molecule has 0 unspecified atom stereocenters. The van der Waals surface area contributed by atoms with E-state index in [2.05, 4.69) is 15.4 Å². The zero-order valence-electron chi connectivity index (χ0n) is 38.4. The van der Waals surface area contributed by atoms with Crippen LogP contribution < -0.4 is 29.6 Å². The highest BCUT2D eigenvalue weighted by Gasteiger charge is 2.62. The lowest BCUT2D eigenvalue weighted by Crippen LogP contribution is -2.59. The Balaban J connectivity index is 1.27. The number of alkyl halides is 3. The lowest BCUT2D eigenvalue weighted by molar-refractivity contribution is -0.244. The normalized spacial score (nSPS) is 26.6. The molecule has 4 aliphatic rings. The summed E-state index contributed by atoms with van der Waals surface area (Å²) in [5, 5.41) is 5.50. The number of carbonyl (C=O) groups excluding carboxylic acids is 4.